The topological polar surface area (TPSA) is 33.0 Å². The van der Waals surface area contributed by atoms with Crippen molar-refractivity contribution in [1.82, 2.24) is 0 Å². The monoisotopic (exact) mass is 232 g/mol. The van der Waals surface area contributed by atoms with Crippen LogP contribution in [0.1, 0.15) is 5.56 Å². The molecular formula is C16H10NO. The van der Waals surface area contributed by atoms with E-state index < -0.39 is 0 Å². The van der Waals surface area contributed by atoms with Gasteiger partial charge >= 0.3 is 0 Å². The Labute approximate surface area is 106 Å². The molecule has 0 aliphatic carbocycles. The molecule has 2 aromatic rings. The summed E-state index contributed by atoms with van der Waals surface area (Å²) in [4.78, 5) is 0. The highest BCUT2D eigenvalue weighted by molar-refractivity contribution is 5.41. The maximum Gasteiger partial charge on any atom is 0.152 e. The Balaban J connectivity index is 2.10. The van der Waals surface area contributed by atoms with E-state index in [0.29, 0.717) is 0 Å². The molecule has 0 spiro atoms. The Morgan fingerprint density at radius 1 is 0.944 bits per heavy atom. The molecule has 0 aliphatic rings. The van der Waals surface area contributed by atoms with Crippen LogP contribution in [0.5, 0.6) is 11.5 Å². The van der Waals surface area contributed by atoms with Gasteiger partial charge < -0.3 is 4.74 Å². The zero-order chi connectivity index (χ0) is 12.6. The minimum atomic E-state index is 0.744. The van der Waals surface area contributed by atoms with Crippen LogP contribution in [0.15, 0.2) is 54.6 Å². The molecule has 0 atom stereocenters. The number of hydrogen-bond acceptors (Lipinski definition) is 2. The normalized spacial score (nSPS) is 8.83. The molecule has 2 rings (SSSR count). The summed E-state index contributed by atoms with van der Waals surface area (Å²) in [5.41, 5.74) is 0.909. The molecule has 0 unspecified atom stereocenters. The second-order valence-corrected chi connectivity index (χ2v) is 3.51. The third kappa shape index (κ3) is 3.40. The van der Waals surface area contributed by atoms with Gasteiger partial charge in [0.15, 0.2) is 6.07 Å². The van der Waals surface area contributed by atoms with E-state index in [1.807, 2.05) is 54.6 Å². The molecule has 0 N–H and O–H groups in total. The predicted octanol–water partition coefficient (Wildman–Crippen LogP) is 3.56. The van der Waals surface area contributed by atoms with Gasteiger partial charge in [0, 0.05) is 5.92 Å². The smallest absolute Gasteiger partial charge is 0.152 e. The molecule has 0 bridgehead atoms. The Kier molecular flexibility index (Phi) is 4.01. The SMILES string of the molecule is N#CC#C[CH]c1cccc(Oc2ccccc2)c1. The van der Waals surface area contributed by atoms with Gasteiger partial charge in [0.25, 0.3) is 0 Å². The van der Waals surface area contributed by atoms with Crippen LogP contribution in [0.2, 0.25) is 0 Å². The fourth-order valence-electron chi connectivity index (χ4n) is 1.44. The van der Waals surface area contributed by atoms with Crippen molar-refractivity contribution >= 4 is 0 Å². The lowest BCUT2D eigenvalue weighted by Crippen LogP contribution is -1.85. The van der Waals surface area contributed by atoms with Gasteiger partial charge in [-0.05, 0) is 29.8 Å². The van der Waals surface area contributed by atoms with Crippen molar-refractivity contribution in [3.63, 3.8) is 0 Å². The largest absolute Gasteiger partial charge is 0.457 e. The van der Waals surface area contributed by atoms with Crippen molar-refractivity contribution in [2.45, 2.75) is 0 Å². The Morgan fingerprint density at radius 3 is 2.50 bits per heavy atom. The summed E-state index contributed by atoms with van der Waals surface area (Å²) in [6, 6.07) is 18.9. The number of nitriles is 1. The van der Waals surface area contributed by atoms with E-state index in [2.05, 4.69) is 11.8 Å². The Morgan fingerprint density at radius 2 is 1.72 bits per heavy atom. The summed E-state index contributed by atoms with van der Waals surface area (Å²) in [7, 11) is 0. The van der Waals surface area contributed by atoms with Crippen molar-refractivity contribution in [3.05, 3.63) is 66.6 Å². The number of hydrogen-bond donors (Lipinski definition) is 0. The number of para-hydroxylation sites is 1. The van der Waals surface area contributed by atoms with E-state index in [1.165, 1.54) is 0 Å². The standard InChI is InChI=1S/C16H10NO/c17-12-5-4-7-14-8-6-11-16(13-14)18-15-9-2-1-3-10-15/h1-3,6-11,13H. The highest BCUT2D eigenvalue weighted by Crippen LogP contribution is 2.22. The molecule has 0 saturated carbocycles. The molecule has 2 nitrogen and oxygen atoms in total. The summed E-state index contributed by atoms with van der Waals surface area (Å²) in [5.74, 6) is 6.51. The summed E-state index contributed by atoms with van der Waals surface area (Å²) < 4.78 is 5.69. The summed E-state index contributed by atoms with van der Waals surface area (Å²) in [5, 5.41) is 8.33. The van der Waals surface area contributed by atoms with Crippen LogP contribution in [-0.2, 0) is 0 Å². The van der Waals surface area contributed by atoms with Gasteiger partial charge in [-0.25, -0.2) is 0 Å². The molecule has 2 aromatic carbocycles. The summed E-state index contributed by atoms with van der Waals surface area (Å²) in [6.45, 7) is 0. The van der Waals surface area contributed by atoms with E-state index in [9.17, 15) is 0 Å². The van der Waals surface area contributed by atoms with Gasteiger partial charge in [0.1, 0.15) is 11.5 Å². The molecule has 0 aromatic heterocycles. The van der Waals surface area contributed by atoms with E-state index in [0.717, 1.165) is 17.1 Å². The quantitative estimate of drug-likeness (QED) is 0.758. The highest BCUT2D eigenvalue weighted by Gasteiger charge is 1.98. The molecule has 85 valence electrons. The van der Waals surface area contributed by atoms with E-state index in [-0.39, 0.29) is 0 Å². The Hall–Kier alpha value is -2.71. The maximum atomic E-state index is 8.33. The predicted molar refractivity (Wildman–Crippen MR) is 69.7 cm³/mol. The van der Waals surface area contributed by atoms with Gasteiger partial charge in [-0.15, -0.1) is 0 Å². The van der Waals surface area contributed by atoms with Crippen LogP contribution in [0.4, 0.5) is 0 Å². The lowest BCUT2D eigenvalue weighted by Gasteiger charge is -2.06. The van der Waals surface area contributed by atoms with Crippen LogP contribution < -0.4 is 4.74 Å². The molecule has 0 amide bonds. The molecule has 0 saturated heterocycles. The number of ether oxygens (including phenoxy) is 1. The molecule has 0 fully saturated rings. The molecule has 0 aliphatic heterocycles. The van der Waals surface area contributed by atoms with Crippen LogP contribution in [-0.4, -0.2) is 0 Å². The highest BCUT2D eigenvalue weighted by atomic mass is 16.5. The molecule has 0 heterocycles. The van der Waals surface area contributed by atoms with Crippen LogP contribution in [0, 0.1) is 29.6 Å². The molecule has 18 heavy (non-hydrogen) atoms. The third-order valence-corrected chi connectivity index (χ3v) is 2.20. The third-order valence-electron chi connectivity index (χ3n) is 2.20. The minimum absolute atomic E-state index is 0.744. The first-order valence-electron chi connectivity index (χ1n) is 5.44. The second kappa shape index (κ2) is 6.13. The lowest BCUT2D eigenvalue weighted by atomic mass is 10.1. The van der Waals surface area contributed by atoms with Crippen molar-refractivity contribution in [2.24, 2.45) is 0 Å². The molecule has 1 radical (unpaired) electrons. The molecular weight excluding hydrogens is 222 g/mol. The fraction of sp³-hybridized carbons (Fsp3) is 0. The first-order chi connectivity index (χ1) is 8.88. The molecule has 2 heteroatoms. The zero-order valence-electron chi connectivity index (χ0n) is 9.63. The first kappa shape index (κ1) is 11.8. The van der Waals surface area contributed by atoms with Gasteiger partial charge in [0.05, 0.1) is 6.42 Å². The van der Waals surface area contributed by atoms with Crippen LogP contribution in [0.3, 0.4) is 0 Å². The van der Waals surface area contributed by atoms with Gasteiger partial charge in [-0.2, -0.15) is 5.26 Å². The minimum Gasteiger partial charge on any atom is -0.457 e. The lowest BCUT2D eigenvalue weighted by molar-refractivity contribution is 0.482. The van der Waals surface area contributed by atoms with Crippen molar-refractivity contribution in [2.75, 3.05) is 0 Å². The summed E-state index contributed by atoms with van der Waals surface area (Å²) >= 11 is 0. The van der Waals surface area contributed by atoms with Crippen molar-refractivity contribution in [1.29, 1.82) is 5.26 Å². The number of benzene rings is 2. The van der Waals surface area contributed by atoms with Gasteiger partial charge in [-0.3, -0.25) is 0 Å². The van der Waals surface area contributed by atoms with Crippen LogP contribution in [0.25, 0.3) is 0 Å². The zero-order valence-corrected chi connectivity index (χ0v) is 9.63. The number of nitrogens with zero attached hydrogens (tertiary/aromatic N) is 1. The van der Waals surface area contributed by atoms with E-state index >= 15 is 0 Å². The van der Waals surface area contributed by atoms with Crippen molar-refractivity contribution < 1.29 is 4.74 Å². The first-order valence-corrected chi connectivity index (χ1v) is 5.44. The fourth-order valence-corrected chi connectivity index (χ4v) is 1.44. The van der Waals surface area contributed by atoms with Crippen LogP contribution >= 0.6 is 0 Å². The summed E-state index contributed by atoms with van der Waals surface area (Å²) in [6.07, 6.45) is 1.68. The number of rotatable bonds is 3. The second-order valence-electron chi connectivity index (χ2n) is 3.51. The average Bonchev–Trinajstić information content (AvgIpc) is 2.41. The van der Waals surface area contributed by atoms with Gasteiger partial charge in [-0.1, -0.05) is 36.3 Å². The maximum absolute atomic E-state index is 8.33. The average molecular weight is 232 g/mol. The van der Waals surface area contributed by atoms with E-state index in [1.54, 1.807) is 12.5 Å². The van der Waals surface area contributed by atoms with E-state index in [4.69, 9.17) is 10.00 Å². The Bertz CT molecular complexity index is 615. The van der Waals surface area contributed by atoms with Crippen molar-refractivity contribution in [3.8, 4) is 29.4 Å². The van der Waals surface area contributed by atoms with Gasteiger partial charge in [0.2, 0.25) is 0 Å².